The normalized spacial score (nSPS) is 31.3. The fourth-order valence-corrected chi connectivity index (χ4v) is 1.78. The summed E-state index contributed by atoms with van der Waals surface area (Å²) < 4.78 is 9.90. The third kappa shape index (κ3) is 2.51. The minimum absolute atomic E-state index is 0.322. The number of aliphatic hydroxyl groups is 3. The Hall–Kier alpha value is -1.47. The van der Waals surface area contributed by atoms with Gasteiger partial charge in [-0.15, -0.1) is 0 Å². The largest absolute Gasteiger partial charge is 0.453 e. The van der Waals surface area contributed by atoms with Gasteiger partial charge in [0.05, 0.1) is 12.2 Å². The summed E-state index contributed by atoms with van der Waals surface area (Å²) >= 11 is 0. The molecule has 1 aromatic carbocycles. The van der Waals surface area contributed by atoms with Gasteiger partial charge in [0.25, 0.3) is 0 Å². The molecule has 0 saturated carbocycles. The number of aliphatic hydroxyl groups excluding tert-OH is 3. The van der Waals surface area contributed by atoms with Crippen molar-refractivity contribution in [3.8, 4) is 0 Å². The summed E-state index contributed by atoms with van der Waals surface area (Å²) in [5, 5.41) is 27.9. The monoisotopic (exact) mass is 254 g/mol. The molecule has 1 aliphatic rings. The van der Waals surface area contributed by atoms with E-state index in [9.17, 15) is 15.0 Å². The van der Waals surface area contributed by atoms with Gasteiger partial charge in [0.15, 0.2) is 12.4 Å². The number of rotatable bonds is 3. The molecule has 1 saturated heterocycles. The van der Waals surface area contributed by atoms with Gasteiger partial charge in [-0.2, -0.15) is 0 Å². The molecule has 0 spiro atoms. The molecule has 0 bridgehead atoms. The summed E-state index contributed by atoms with van der Waals surface area (Å²) in [4.78, 5) is 11.8. The molecule has 0 aliphatic carbocycles. The standard InChI is InChI=1S/C12H14O6/c13-6-8-10(9(14)12(16)17-8)18-11(15)7-4-2-1-3-5-7/h1-5,8-10,12-14,16H,6H2/t8-,9-,10-,12+/m1/s1. The Labute approximate surface area is 103 Å². The molecule has 18 heavy (non-hydrogen) atoms. The zero-order chi connectivity index (χ0) is 13.1. The second kappa shape index (κ2) is 5.45. The summed E-state index contributed by atoms with van der Waals surface area (Å²) in [5.41, 5.74) is 0.322. The highest BCUT2D eigenvalue weighted by atomic mass is 16.7. The molecule has 98 valence electrons. The predicted molar refractivity (Wildman–Crippen MR) is 59.6 cm³/mol. The van der Waals surface area contributed by atoms with Crippen molar-refractivity contribution in [1.29, 1.82) is 0 Å². The molecule has 1 aliphatic heterocycles. The van der Waals surface area contributed by atoms with Gasteiger partial charge in [-0.1, -0.05) is 18.2 Å². The molecule has 1 aromatic rings. The number of hydrogen-bond donors (Lipinski definition) is 3. The lowest BCUT2D eigenvalue weighted by molar-refractivity contribution is -0.132. The highest BCUT2D eigenvalue weighted by Gasteiger charge is 2.45. The number of carbonyl (C=O) groups is 1. The van der Waals surface area contributed by atoms with E-state index < -0.39 is 37.2 Å². The fraction of sp³-hybridized carbons (Fsp3) is 0.417. The molecule has 4 atom stereocenters. The van der Waals surface area contributed by atoms with Gasteiger partial charge in [-0.3, -0.25) is 0 Å². The molecular weight excluding hydrogens is 240 g/mol. The van der Waals surface area contributed by atoms with E-state index in [1.165, 1.54) is 0 Å². The average molecular weight is 254 g/mol. The van der Waals surface area contributed by atoms with E-state index in [2.05, 4.69) is 0 Å². The van der Waals surface area contributed by atoms with Crippen molar-refractivity contribution < 1.29 is 29.6 Å². The summed E-state index contributed by atoms with van der Waals surface area (Å²) in [5.74, 6) is -0.643. The smallest absolute Gasteiger partial charge is 0.338 e. The molecule has 0 amide bonds. The first-order valence-electron chi connectivity index (χ1n) is 5.52. The van der Waals surface area contributed by atoms with E-state index in [4.69, 9.17) is 14.6 Å². The van der Waals surface area contributed by atoms with Crippen LogP contribution in [0.5, 0.6) is 0 Å². The average Bonchev–Trinajstić information content (AvgIpc) is 2.67. The van der Waals surface area contributed by atoms with Crippen LogP contribution < -0.4 is 0 Å². The van der Waals surface area contributed by atoms with Crippen LogP contribution in [-0.4, -0.2) is 52.5 Å². The summed E-state index contributed by atoms with van der Waals surface area (Å²) in [7, 11) is 0. The molecule has 6 nitrogen and oxygen atoms in total. The summed E-state index contributed by atoms with van der Waals surface area (Å²) in [6.45, 7) is -0.457. The molecule has 0 unspecified atom stereocenters. The minimum atomic E-state index is -1.46. The molecule has 6 heteroatoms. The van der Waals surface area contributed by atoms with Crippen LogP contribution in [-0.2, 0) is 9.47 Å². The molecule has 2 rings (SSSR count). The Kier molecular flexibility index (Phi) is 3.93. The molecule has 0 aromatic heterocycles. The highest BCUT2D eigenvalue weighted by Crippen LogP contribution is 2.23. The first-order chi connectivity index (χ1) is 8.63. The van der Waals surface area contributed by atoms with Gasteiger partial charge in [-0.25, -0.2) is 4.79 Å². The third-order valence-corrected chi connectivity index (χ3v) is 2.74. The van der Waals surface area contributed by atoms with Crippen LogP contribution in [0, 0.1) is 0 Å². The Morgan fingerprint density at radius 3 is 2.56 bits per heavy atom. The highest BCUT2D eigenvalue weighted by molar-refractivity contribution is 5.89. The summed E-state index contributed by atoms with van der Waals surface area (Å²) in [6.07, 6.45) is -4.84. The molecule has 0 radical (unpaired) electrons. The number of benzene rings is 1. The Bertz CT molecular complexity index is 406. The molecular formula is C12H14O6. The number of hydrogen-bond acceptors (Lipinski definition) is 6. The van der Waals surface area contributed by atoms with Crippen LogP contribution in [0.15, 0.2) is 30.3 Å². The maximum atomic E-state index is 11.8. The number of carbonyl (C=O) groups excluding carboxylic acids is 1. The van der Waals surface area contributed by atoms with Crippen LogP contribution in [0.4, 0.5) is 0 Å². The van der Waals surface area contributed by atoms with Crippen LogP contribution in [0.3, 0.4) is 0 Å². The lowest BCUT2D eigenvalue weighted by atomic mass is 10.1. The second-order valence-corrected chi connectivity index (χ2v) is 3.97. The number of esters is 1. The van der Waals surface area contributed by atoms with E-state index in [0.29, 0.717) is 5.56 Å². The van der Waals surface area contributed by atoms with Crippen LogP contribution in [0.2, 0.25) is 0 Å². The topological polar surface area (TPSA) is 96.2 Å². The van der Waals surface area contributed by atoms with Crippen LogP contribution in [0.25, 0.3) is 0 Å². The first-order valence-corrected chi connectivity index (χ1v) is 5.52. The fourth-order valence-electron chi connectivity index (χ4n) is 1.78. The second-order valence-electron chi connectivity index (χ2n) is 3.97. The minimum Gasteiger partial charge on any atom is -0.453 e. The van der Waals surface area contributed by atoms with Crippen molar-refractivity contribution >= 4 is 5.97 Å². The predicted octanol–water partition coefficient (Wildman–Crippen LogP) is -0.718. The van der Waals surface area contributed by atoms with Gasteiger partial charge >= 0.3 is 5.97 Å². The first kappa shape index (κ1) is 13.0. The molecule has 1 fully saturated rings. The zero-order valence-corrected chi connectivity index (χ0v) is 9.47. The SMILES string of the molecule is O=C(O[C@H]1[C@@H](O)[C@@H](O)O[C@@H]1CO)c1ccccc1. The number of ether oxygens (including phenoxy) is 2. The van der Waals surface area contributed by atoms with Crippen LogP contribution in [0.1, 0.15) is 10.4 Å². The van der Waals surface area contributed by atoms with Crippen LogP contribution >= 0.6 is 0 Å². The van der Waals surface area contributed by atoms with Crippen molar-refractivity contribution in [1.82, 2.24) is 0 Å². The van der Waals surface area contributed by atoms with Gasteiger partial charge in [-0.05, 0) is 12.1 Å². The van der Waals surface area contributed by atoms with Crippen molar-refractivity contribution in [3.63, 3.8) is 0 Å². The maximum Gasteiger partial charge on any atom is 0.338 e. The lowest BCUT2D eigenvalue weighted by Crippen LogP contribution is -2.38. The van der Waals surface area contributed by atoms with E-state index in [-0.39, 0.29) is 0 Å². The van der Waals surface area contributed by atoms with Crippen molar-refractivity contribution in [2.45, 2.75) is 24.6 Å². The quantitative estimate of drug-likeness (QED) is 0.616. The van der Waals surface area contributed by atoms with E-state index >= 15 is 0 Å². The van der Waals surface area contributed by atoms with Gasteiger partial charge < -0.3 is 24.8 Å². The lowest BCUT2D eigenvalue weighted by Gasteiger charge is -2.18. The maximum absolute atomic E-state index is 11.8. The Morgan fingerprint density at radius 2 is 1.94 bits per heavy atom. The van der Waals surface area contributed by atoms with Crippen molar-refractivity contribution in [2.75, 3.05) is 6.61 Å². The third-order valence-electron chi connectivity index (χ3n) is 2.74. The van der Waals surface area contributed by atoms with Gasteiger partial charge in [0, 0.05) is 0 Å². The molecule has 3 N–H and O–H groups in total. The van der Waals surface area contributed by atoms with Crippen molar-refractivity contribution in [3.05, 3.63) is 35.9 Å². The summed E-state index contributed by atoms with van der Waals surface area (Å²) in [6, 6.07) is 8.24. The zero-order valence-electron chi connectivity index (χ0n) is 9.47. The Morgan fingerprint density at radius 1 is 1.28 bits per heavy atom. The van der Waals surface area contributed by atoms with E-state index in [0.717, 1.165) is 0 Å². The van der Waals surface area contributed by atoms with Gasteiger partial charge in [0.1, 0.15) is 12.2 Å². The van der Waals surface area contributed by atoms with E-state index in [1.54, 1.807) is 30.3 Å². The van der Waals surface area contributed by atoms with E-state index in [1.807, 2.05) is 0 Å². The Balaban J connectivity index is 2.06. The molecule has 1 heterocycles. The van der Waals surface area contributed by atoms with Gasteiger partial charge in [0.2, 0.25) is 0 Å². The van der Waals surface area contributed by atoms with Crippen molar-refractivity contribution in [2.24, 2.45) is 0 Å².